The van der Waals surface area contributed by atoms with E-state index in [0.717, 1.165) is 0 Å². The van der Waals surface area contributed by atoms with Gasteiger partial charge in [0.25, 0.3) is 0 Å². The summed E-state index contributed by atoms with van der Waals surface area (Å²) in [5, 5.41) is 1.78. The quantitative estimate of drug-likeness (QED) is 0.648. The molecule has 0 aliphatic heterocycles. The Hall–Kier alpha value is -2.41. The number of ketones is 1. The second kappa shape index (κ2) is 7.23. The lowest BCUT2D eigenvalue weighted by molar-refractivity contribution is 0.0474. The van der Waals surface area contributed by atoms with Crippen molar-refractivity contribution in [3.05, 3.63) is 44.9 Å². The highest BCUT2D eigenvalue weighted by Gasteiger charge is 2.24. The minimum absolute atomic E-state index is 0.223. The molecular weight excluding hydrogens is 318 g/mol. The zero-order valence-electron chi connectivity index (χ0n) is 13.1. The van der Waals surface area contributed by atoms with Crippen LogP contribution in [0.2, 0.25) is 0 Å². The monoisotopic (exact) mass is 335 g/mol. The van der Waals surface area contributed by atoms with Crippen LogP contribution in [0.5, 0.6) is 0 Å². The van der Waals surface area contributed by atoms with Crippen LogP contribution in [-0.4, -0.2) is 35.9 Å². The van der Waals surface area contributed by atoms with E-state index in [4.69, 9.17) is 9.47 Å². The molecule has 0 saturated carbocycles. The van der Waals surface area contributed by atoms with Gasteiger partial charge in [0.1, 0.15) is 5.69 Å². The number of aromatic nitrogens is 1. The predicted molar refractivity (Wildman–Crippen MR) is 85.2 cm³/mol. The number of Topliss-reactive ketones (excluding diaryl/α,β-unsaturated/α-hetero) is 1. The van der Waals surface area contributed by atoms with Gasteiger partial charge in [-0.05, 0) is 37.8 Å². The molecule has 0 bridgehead atoms. The van der Waals surface area contributed by atoms with Crippen LogP contribution >= 0.6 is 11.3 Å². The third-order valence-electron chi connectivity index (χ3n) is 3.25. The van der Waals surface area contributed by atoms with Crippen molar-refractivity contribution in [2.45, 2.75) is 20.8 Å². The van der Waals surface area contributed by atoms with Gasteiger partial charge in [-0.25, -0.2) is 9.59 Å². The van der Waals surface area contributed by atoms with Gasteiger partial charge in [0, 0.05) is 5.69 Å². The summed E-state index contributed by atoms with van der Waals surface area (Å²) < 4.78 is 10.0. The van der Waals surface area contributed by atoms with E-state index in [1.54, 1.807) is 38.3 Å². The van der Waals surface area contributed by atoms with Gasteiger partial charge in [0.2, 0.25) is 5.78 Å². The lowest BCUT2D eigenvalue weighted by Crippen LogP contribution is -2.14. The first kappa shape index (κ1) is 17.0. The smallest absolute Gasteiger partial charge is 0.355 e. The fraction of sp³-hybridized carbons (Fsp3) is 0.312. The molecule has 0 unspecified atom stereocenters. The molecule has 0 aromatic carbocycles. The van der Waals surface area contributed by atoms with Gasteiger partial charge in [0.15, 0.2) is 6.61 Å². The first-order chi connectivity index (χ1) is 11.0. The second-order valence-electron chi connectivity index (χ2n) is 4.82. The predicted octanol–water partition coefficient (Wildman–Crippen LogP) is 2.91. The van der Waals surface area contributed by atoms with Crippen LogP contribution in [0.4, 0.5) is 0 Å². The SMILES string of the molecule is CCOC(=O)c1[nH]c(C)c(C(=O)OCC(=O)c2cccs2)c1C. The van der Waals surface area contributed by atoms with Gasteiger partial charge >= 0.3 is 11.9 Å². The van der Waals surface area contributed by atoms with Crippen LogP contribution in [0.15, 0.2) is 17.5 Å². The van der Waals surface area contributed by atoms with E-state index in [2.05, 4.69) is 4.98 Å². The van der Waals surface area contributed by atoms with Crippen LogP contribution < -0.4 is 0 Å². The molecule has 0 saturated heterocycles. The summed E-state index contributed by atoms with van der Waals surface area (Å²) in [5.41, 5.74) is 1.43. The zero-order chi connectivity index (χ0) is 17.0. The molecule has 0 aliphatic rings. The van der Waals surface area contributed by atoms with Crippen molar-refractivity contribution in [1.29, 1.82) is 0 Å². The molecule has 2 rings (SSSR count). The number of thiophene rings is 1. The average Bonchev–Trinajstić information content (AvgIpc) is 3.13. The summed E-state index contributed by atoms with van der Waals surface area (Å²) in [6.07, 6.45) is 0. The van der Waals surface area contributed by atoms with Crippen molar-refractivity contribution in [3.8, 4) is 0 Å². The Balaban J connectivity index is 2.10. The Bertz CT molecular complexity index is 730. The number of aromatic amines is 1. The highest BCUT2D eigenvalue weighted by atomic mass is 32.1. The fourth-order valence-electron chi connectivity index (χ4n) is 2.18. The molecule has 6 nitrogen and oxygen atoms in total. The molecule has 2 aromatic heterocycles. The Kier molecular flexibility index (Phi) is 5.33. The van der Waals surface area contributed by atoms with Crippen LogP contribution in [0, 0.1) is 13.8 Å². The molecule has 0 atom stereocenters. The number of hydrogen-bond donors (Lipinski definition) is 1. The molecule has 0 radical (unpaired) electrons. The van der Waals surface area contributed by atoms with Gasteiger partial charge in [-0.2, -0.15) is 0 Å². The van der Waals surface area contributed by atoms with Gasteiger partial charge < -0.3 is 14.5 Å². The summed E-state index contributed by atoms with van der Waals surface area (Å²) in [4.78, 5) is 39.3. The van der Waals surface area contributed by atoms with Crippen molar-refractivity contribution >= 4 is 29.1 Å². The number of aryl methyl sites for hydroxylation is 1. The maximum atomic E-state index is 12.2. The zero-order valence-corrected chi connectivity index (χ0v) is 13.9. The maximum absolute atomic E-state index is 12.2. The third kappa shape index (κ3) is 3.68. The molecule has 2 heterocycles. The number of H-pyrrole nitrogens is 1. The highest BCUT2D eigenvalue weighted by Crippen LogP contribution is 2.20. The van der Waals surface area contributed by atoms with E-state index < -0.39 is 11.9 Å². The van der Waals surface area contributed by atoms with E-state index >= 15 is 0 Å². The summed E-state index contributed by atoms with van der Waals surface area (Å²) >= 11 is 1.29. The average molecular weight is 335 g/mol. The van der Waals surface area contributed by atoms with Gasteiger partial charge in [-0.3, -0.25) is 4.79 Å². The first-order valence-corrected chi connectivity index (χ1v) is 7.93. The number of esters is 2. The molecule has 23 heavy (non-hydrogen) atoms. The molecule has 0 fully saturated rings. The van der Waals surface area contributed by atoms with Crippen LogP contribution in [0.1, 0.15) is 48.7 Å². The van der Waals surface area contributed by atoms with E-state index in [1.807, 2.05) is 0 Å². The molecule has 7 heteroatoms. The lowest BCUT2D eigenvalue weighted by atomic mass is 10.1. The number of carbonyl (C=O) groups excluding carboxylic acids is 3. The third-order valence-corrected chi connectivity index (χ3v) is 4.16. The Morgan fingerprint density at radius 1 is 1.17 bits per heavy atom. The normalized spacial score (nSPS) is 10.4. The second-order valence-corrected chi connectivity index (χ2v) is 5.77. The number of ether oxygens (including phenoxy) is 2. The number of carbonyl (C=O) groups is 3. The number of rotatable bonds is 6. The van der Waals surface area contributed by atoms with E-state index in [9.17, 15) is 14.4 Å². The van der Waals surface area contributed by atoms with Crippen LogP contribution in [-0.2, 0) is 9.47 Å². The fourth-order valence-corrected chi connectivity index (χ4v) is 2.83. The van der Waals surface area contributed by atoms with Gasteiger partial charge in [-0.15, -0.1) is 11.3 Å². The Morgan fingerprint density at radius 2 is 1.91 bits per heavy atom. The molecular formula is C16H17NO5S. The standard InChI is InChI=1S/C16H17NO5S/c1-4-21-16(20)14-9(2)13(10(3)17-14)15(19)22-8-11(18)12-6-5-7-23-12/h5-7,17H,4,8H2,1-3H3. The maximum Gasteiger partial charge on any atom is 0.355 e. The summed E-state index contributed by atoms with van der Waals surface area (Å²) in [6.45, 7) is 4.90. The Morgan fingerprint density at radius 3 is 2.52 bits per heavy atom. The topological polar surface area (TPSA) is 85.5 Å². The molecule has 2 aromatic rings. The van der Waals surface area contributed by atoms with Crippen molar-refractivity contribution in [2.24, 2.45) is 0 Å². The van der Waals surface area contributed by atoms with Crippen molar-refractivity contribution in [3.63, 3.8) is 0 Å². The number of hydrogen-bond acceptors (Lipinski definition) is 6. The van der Waals surface area contributed by atoms with Gasteiger partial charge in [-0.1, -0.05) is 6.07 Å². The minimum Gasteiger partial charge on any atom is -0.461 e. The first-order valence-electron chi connectivity index (χ1n) is 7.05. The Labute approximate surface area is 137 Å². The van der Waals surface area contributed by atoms with Gasteiger partial charge in [0.05, 0.1) is 17.0 Å². The molecule has 0 amide bonds. The molecule has 0 spiro atoms. The summed E-state index contributed by atoms with van der Waals surface area (Å²) in [6, 6.07) is 3.43. The van der Waals surface area contributed by atoms with Crippen LogP contribution in [0.25, 0.3) is 0 Å². The van der Waals surface area contributed by atoms with Crippen molar-refractivity contribution in [2.75, 3.05) is 13.2 Å². The highest BCUT2D eigenvalue weighted by molar-refractivity contribution is 7.12. The molecule has 122 valence electrons. The number of nitrogens with one attached hydrogen (secondary N) is 1. The molecule has 1 N–H and O–H groups in total. The summed E-state index contributed by atoms with van der Waals surface area (Å²) in [7, 11) is 0. The van der Waals surface area contributed by atoms with Crippen molar-refractivity contribution in [1.82, 2.24) is 4.98 Å². The van der Waals surface area contributed by atoms with Crippen LogP contribution in [0.3, 0.4) is 0 Å². The minimum atomic E-state index is -0.642. The largest absolute Gasteiger partial charge is 0.461 e. The van der Waals surface area contributed by atoms with Crippen molar-refractivity contribution < 1.29 is 23.9 Å². The summed E-state index contributed by atoms with van der Waals surface area (Å²) in [5.74, 6) is -1.43. The van der Waals surface area contributed by atoms with E-state index in [-0.39, 0.29) is 30.3 Å². The van der Waals surface area contributed by atoms with E-state index in [1.165, 1.54) is 11.3 Å². The molecule has 0 aliphatic carbocycles. The lowest BCUT2D eigenvalue weighted by Gasteiger charge is -2.04. The van der Waals surface area contributed by atoms with E-state index in [0.29, 0.717) is 16.1 Å².